The minimum atomic E-state index is -0.370. The van der Waals surface area contributed by atoms with E-state index in [-0.39, 0.29) is 10.6 Å². The van der Waals surface area contributed by atoms with Crippen LogP contribution in [-0.4, -0.2) is 50.2 Å². The van der Waals surface area contributed by atoms with Gasteiger partial charge in [-0.05, 0) is 39.0 Å². The topological polar surface area (TPSA) is 58.9 Å². The van der Waals surface area contributed by atoms with Gasteiger partial charge in [-0.25, -0.2) is 0 Å². The lowest BCUT2D eigenvalue weighted by molar-refractivity contribution is -0.384. The van der Waals surface area contributed by atoms with Crippen LogP contribution in [0, 0.1) is 10.1 Å². The lowest BCUT2D eigenvalue weighted by atomic mass is 10.0. The van der Waals surface area contributed by atoms with Crippen LogP contribution >= 0.6 is 0 Å². The second-order valence-electron chi connectivity index (χ2n) is 5.26. The number of benzene rings is 1. The second kappa shape index (κ2) is 6.09. The molecule has 6 heteroatoms. The molecule has 2 rings (SSSR count). The number of non-ortho nitro benzene ring substituents is 1. The van der Waals surface area contributed by atoms with Crippen LogP contribution < -0.4 is 9.64 Å². The summed E-state index contributed by atoms with van der Waals surface area (Å²) in [6.45, 7) is 2.10. The minimum absolute atomic E-state index is 0.0978. The van der Waals surface area contributed by atoms with Gasteiger partial charge >= 0.3 is 0 Å². The molecule has 1 aromatic rings. The predicted molar refractivity (Wildman–Crippen MR) is 78.6 cm³/mol. The molecule has 0 atom stereocenters. The first-order valence-electron chi connectivity index (χ1n) is 6.76. The molecule has 0 N–H and O–H groups in total. The van der Waals surface area contributed by atoms with Crippen molar-refractivity contribution >= 4 is 11.4 Å². The molecular formula is C14H21N3O3. The van der Waals surface area contributed by atoms with E-state index in [1.54, 1.807) is 19.2 Å². The fraction of sp³-hybridized carbons (Fsp3) is 0.571. The molecule has 20 heavy (non-hydrogen) atoms. The van der Waals surface area contributed by atoms with E-state index in [4.69, 9.17) is 4.74 Å². The van der Waals surface area contributed by atoms with Crippen LogP contribution in [0.3, 0.4) is 0 Å². The maximum Gasteiger partial charge on any atom is 0.271 e. The van der Waals surface area contributed by atoms with Crippen LogP contribution in [0.5, 0.6) is 5.75 Å². The zero-order valence-corrected chi connectivity index (χ0v) is 12.2. The zero-order valence-electron chi connectivity index (χ0n) is 12.2. The first-order chi connectivity index (χ1) is 9.52. The smallest absolute Gasteiger partial charge is 0.271 e. The van der Waals surface area contributed by atoms with Crippen molar-refractivity contribution in [3.8, 4) is 5.75 Å². The lowest BCUT2D eigenvalue weighted by Crippen LogP contribution is -2.42. The number of nitrogens with zero attached hydrogens (tertiary/aromatic N) is 3. The minimum Gasteiger partial charge on any atom is -0.495 e. The zero-order chi connectivity index (χ0) is 14.7. The standard InChI is InChI=1S/C14H21N3O3/c1-15-8-6-11(7-9-15)16(2)13-10-12(17(18)19)4-5-14(13)20-3/h4-5,10-11H,6-9H2,1-3H3. The molecule has 1 aliphatic rings. The molecule has 0 spiro atoms. The van der Waals surface area contributed by atoms with Gasteiger partial charge in [0.15, 0.2) is 0 Å². The summed E-state index contributed by atoms with van der Waals surface area (Å²) in [5, 5.41) is 10.9. The first-order valence-corrected chi connectivity index (χ1v) is 6.76. The molecule has 0 aliphatic carbocycles. The van der Waals surface area contributed by atoms with Gasteiger partial charge in [0.2, 0.25) is 0 Å². The molecule has 1 heterocycles. The molecule has 110 valence electrons. The molecular weight excluding hydrogens is 258 g/mol. The van der Waals surface area contributed by atoms with Crippen molar-refractivity contribution < 1.29 is 9.66 Å². The Morgan fingerprint density at radius 3 is 2.60 bits per heavy atom. The van der Waals surface area contributed by atoms with Crippen LogP contribution in [0.4, 0.5) is 11.4 Å². The van der Waals surface area contributed by atoms with Gasteiger partial charge in [-0.15, -0.1) is 0 Å². The van der Waals surface area contributed by atoms with E-state index in [0.717, 1.165) is 31.6 Å². The average molecular weight is 279 g/mol. The Morgan fingerprint density at radius 2 is 2.05 bits per heavy atom. The summed E-state index contributed by atoms with van der Waals surface area (Å²) < 4.78 is 5.34. The Bertz CT molecular complexity index is 485. The van der Waals surface area contributed by atoms with Gasteiger partial charge < -0.3 is 14.5 Å². The molecule has 6 nitrogen and oxygen atoms in total. The summed E-state index contributed by atoms with van der Waals surface area (Å²) in [6.07, 6.45) is 2.11. The SMILES string of the molecule is COc1ccc([N+](=O)[O-])cc1N(C)C1CCN(C)CC1. The number of rotatable bonds is 4. The van der Waals surface area contributed by atoms with Gasteiger partial charge in [-0.2, -0.15) is 0 Å². The number of ether oxygens (including phenoxy) is 1. The molecule has 0 unspecified atom stereocenters. The Kier molecular flexibility index (Phi) is 4.44. The molecule has 0 bridgehead atoms. The van der Waals surface area contributed by atoms with Crippen LogP contribution in [0.25, 0.3) is 0 Å². The van der Waals surface area contributed by atoms with Crippen molar-refractivity contribution in [2.45, 2.75) is 18.9 Å². The number of hydrogen-bond acceptors (Lipinski definition) is 5. The van der Waals surface area contributed by atoms with Crippen molar-refractivity contribution in [2.75, 3.05) is 39.2 Å². The highest BCUT2D eigenvalue weighted by molar-refractivity contribution is 5.63. The van der Waals surface area contributed by atoms with Crippen molar-refractivity contribution in [1.29, 1.82) is 0 Å². The molecule has 0 radical (unpaired) electrons. The van der Waals surface area contributed by atoms with E-state index in [2.05, 4.69) is 16.8 Å². The van der Waals surface area contributed by atoms with E-state index < -0.39 is 0 Å². The van der Waals surface area contributed by atoms with Gasteiger partial charge in [-0.3, -0.25) is 10.1 Å². The largest absolute Gasteiger partial charge is 0.495 e. The van der Waals surface area contributed by atoms with Crippen LogP contribution in [0.15, 0.2) is 18.2 Å². The molecule has 1 aliphatic heterocycles. The van der Waals surface area contributed by atoms with E-state index in [1.165, 1.54) is 6.07 Å². The van der Waals surface area contributed by atoms with E-state index >= 15 is 0 Å². The lowest BCUT2D eigenvalue weighted by Gasteiger charge is -2.36. The van der Waals surface area contributed by atoms with Crippen LogP contribution in [-0.2, 0) is 0 Å². The number of methoxy groups -OCH3 is 1. The van der Waals surface area contributed by atoms with Crippen molar-refractivity contribution in [1.82, 2.24) is 4.90 Å². The number of anilines is 1. The average Bonchev–Trinajstić information content (AvgIpc) is 2.46. The van der Waals surface area contributed by atoms with Gasteiger partial charge in [0.25, 0.3) is 5.69 Å². The third kappa shape index (κ3) is 3.01. The number of piperidine rings is 1. The number of hydrogen-bond donors (Lipinski definition) is 0. The summed E-state index contributed by atoms with van der Waals surface area (Å²) in [5.74, 6) is 0.678. The monoisotopic (exact) mass is 279 g/mol. The van der Waals surface area contributed by atoms with Gasteiger partial charge in [0.05, 0.1) is 17.7 Å². The summed E-state index contributed by atoms with van der Waals surface area (Å²) in [4.78, 5) is 15.0. The van der Waals surface area contributed by atoms with Crippen LogP contribution in [0.1, 0.15) is 12.8 Å². The predicted octanol–water partition coefficient (Wildman–Crippen LogP) is 2.13. The number of nitro benzene ring substituents is 1. The Morgan fingerprint density at radius 1 is 1.40 bits per heavy atom. The maximum absolute atomic E-state index is 10.9. The quantitative estimate of drug-likeness (QED) is 0.624. The van der Waals surface area contributed by atoms with Crippen molar-refractivity contribution in [3.63, 3.8) is 0 Å². The fourth-order valence-corrected chi connectivity index (χ4v) is 2.65. The molecule has 1 fully saturated rings. The second-order valence-corrected chi connectivity index (χ2v) is 5.26. The van der Waals surface area contributed by atoms with Gasteiger partial charge in [0.1, 0.15) is 5.75 Å². The Balaban J connectivity index is 2.25. The molecule has 0 saturated carbocycles. The maximum atomic E-state index is 10.9. The first kappa shape index (κ1) is 14.6. The third-order valence-corrected chi connectivity index (χ3v) is 3.99. The van der Waals surface area contributed by atoms with Crippen LogP contribution in [0.2, 0.25) is 0 Å². The van der Waals surface area contributed by atoms with E-state index in [0.29, 0.717) is 11.8 Å². The number of likely N-dealkylation sites (tertiary alicyclic amines) is 1. The normalized spacial score (nSPS) is 16.9. The highest BCUT2D eigenvalue weighted by Crippen LogP contribution is 2.34. The van der Waals surface area contributed by atoms with Crippen molar-refractivity contribution in [2.24, 2.45) is 0 Å². The highest BCUT2D eigenvalue weighted by atomic mass is 16.6. The fourth-order valence-electron chi connectivity index (χ4n) is 2.65. The molecule has 0 amide bonds. The summed E-state index contributed by atoms with van der Waals surface area (Å²) >= 11 is 0. The van der Waals surface area contributed by atoms with E-state index in [1.807, 2.05) is 7.05 Å². The molecule has 1 saturated heterocycles. The van der Waals surface area contributed by atoms with E-state index in [9.17, 15) is 10.1 Å². The summed E-state index contributed by atoms with van der Waals surface area (Å²) in [5.41, 5.74) is 0.886. The third-order valence-electron chi connectivity index (χ3n) is 3.99. The summed E-state index contributed by atoms with van der Waals surface area (Å²) in [7, 11) is 5.69. The molecule has 0 aromatic heterocycles. The number of nitro groups is 1. The Hall–Kier alpha value is -1.82. The Labute approximate surface area is 119 Å². The van der Waals surface area contributed by atoms with Gasteiger partial charge in [-0.1, -0.05) is 0 Å². The highest BCUT2D eigenvalue weighted by Gasteiger charge is 2.24. The summed E-state index contributed by atoms with van der Waals surface area (Å²) in [6, 6.07) is 5.13. The molecule has 1 aromatic carbocycles. The van der Waals surface area contributed by atoms with Gasteiger partial charge in [0, 0.05) is 25.2 Å². The van der Waals surface area contributed by atoms with Crippen molar-refractivity contribution in [3.05, 3.63) is 28.3 Å².